The van der Waals surface area contributed by atoms with Crippen molar-refractivity contribution < 1.29 is 9.47 Å². The Kier molecular flexibility index (Phi) is 5.61. The molecule has 8 saturated carbocycles. The minimum Gasteiger partial charge on any atom is -0.490 e. The lowest BCUT2D eigenvalue weighted by molar-refractivity contribution is -0.0110. The van der Waals surface area contributed by atoms with Gasteiger partial charge in [0, 0.05) is 11.1 Å². The summed E-state index contributed by atoms with van der Waals surface area (Å²) >= 11 is 0. The predicted octanol–water partition coefficient (Wildman–Crippen LogP) is 9.11. The number of benzene rings is 1. The zero-order chi connectivity index (χ0) is 26.8. The lowest BCUT2D eigenvalue weighted by atomic mass is 9.46. The summed E-state index contributed by atoms with van der Waals surface area (Å²) in [6.07, 6.45) is 19.0. The summed E-state index contributed by atoms with van der Waals surface area (Å²) < 4.78 is 12.8. The zero-order valence-electron chi connectivity index (χ0n) is 25.6. The Morgan fingerprint density at radius 2 is 1.08 bits per heavy atom. The number of epoxide rings is 1. The van der Waals surface area contributed by atoms with Crippen molar-refractivity contribution in [2.24, 2.45) is 40.9 Å². The van der Waals surface area contributed by atoms with E-state index in [1.165, 1.54) is 89.2 Å². The number of ether oxygens (including phenoxy) is 2. The van der Waals surface area contributed by atoms with Crippen LogP contribution in [0.4, 0.5) is 0 Å². The van der Waals surface area contributed by atoms with Crippen LogP contribution in [0.25, 0.3) is 0 Å². The smallest absolute Gasteiger partial charge is 0.126 e. The summed E-state index contributed by atoms with van der Waals surface area (Å²) in [4.78, 5) is 0. The monoisotopic (exact) mass is 530 g/mol. The van der Waals surface area contributed by atoms with Gasteiger partial charge in [0.15, 0.2) is 0 Å². The van der Waals surface area contributed by atoms with Crippen LogP contribution in [0, 0.1) is 40.9 Å². The van der Waals surface area contributed by atoms with Gasteiger partial charge in [0.25, 0.3) is 0 Å². The first kappa shape index (κ1) is 25.7. The van der Waals surface area contributed by atoms with Crippen LogP contribution in [0.3, 0.4) is 0 Å². The summed E-state index contributed by atoms with van der Waals surface area (Å²) in [5, 5.41) is 0. The molecule has 0 N–H and O–H groups in total. The van der Waals surface area contributed by atoms with E-state index in [0.717, 1.165) is 48.7 Å². The predicted molar refractivity (Wildman–Crippen MR) is 158 cm³/mol. The Labute approximate surface area is 238 Å². The molecule has 10 rings (SSSR count). The highest BCUT2D eigenvalue weighted by Crippen LogP contribution is 2.66. The van der Waals surface area contributed by atoms with Crippen molar-refractivity contribution in [3.05, 3.63) is 28.8 Å². The van der Waals surface area contributed by atoms with Crippen LogP contribution in [0.2, 0.25) is 0 Å². The highest BCUT2D eigenvalue weighted by Gasteiger charge is 2.56. The second kappa shape index (κ2) is 8.52. The van der Waals surface area contributed by atoms with Crippen LogP contribution < -0.4 is 4.74 Å². The molecule has 2 nitrogen and oxygen atoms in total. The fourth-order valence-electron chi connectivity index (χ4n) is 12.6. The maximum Gasteiger partial charge on any atom is 0.126 e. The van der Waals surface area contributed by atoms with Gasteiger partial charge >= 0.3 is 0 Å². The van der Waals surface area contributed by atoms with Gasteiger partial charge in [-0.2, -0.15) is 0 Å². The Balaban J connectivity index is 1.32. The molecule has 9 fully saturated rings. The minimum absolute atomic E-state index is 0.157. The molecule has 0 radical (unpaired) electrons. The topological polar surface area (TPSA) is 21.8 Å². The number of rotatable bonds is 7. The largest absolute Gasteiger partial charge is 0.490 e. The first-order chi connectivity index (χ1) is 18.5. The Morgan fingerprint density at radius 1 is 0.692 bits per heavy atom. The molecule has 1 aliphatic heterocycles. The van der Waals surface area contributed by atoms with Gasteiger partial charge < -0.3 is 9.47 Å². The second-order valence-electron chi connectivity index (χ2n) is 18.2. The van der Waals surface area contributed by atoms with Gasteiger partial charge in [-0.25, -0.2) is 0 Å². The molecule has 1 atom stereocenters. The van der Waals surface area contributed by atoms with E-state index in [4.69, 9.17) is 9.47 Å². The Hall–Kier alpha value is -1.02. The third kappa shape index (κ3) is 4.44. The highest BCUT2D eigenvalue weighted by atomic mass is 16.6. The second-order valence-corrected chi connectivity index (χ2v) is 18.2. The van der Waals surface area contributed by atoms with Crippen molar-refractivity contribution in [1.82, 2.24) is 0 Å². The van der Waals surface area contributed by atoms with Crippen LogP contribution in [0.5, 0.6) is 5.75 Å². The van der Waals surface area contributed by atoms with Crippen LogP contribution in [0.15, 0.2) is 12.1 Å². The molecule has 0 aromatic heterocycles. The first-order valence-electron chi connectivity index (χ1n) is 16.9. The van der Waals surface area contributed by atoms with Gasteiger partial charge in [-0.1, -0.05) is 46.8 Å². The average Bonchev–Trinajstić information content (AvgIpc) is 3.63. The van der Waals surface area contributed by atoms with E-state index in [9.17, 15) is 0 Å². The molecule has 1 aromatic carbocycles. The van der Waals surface area contributed by atoms with E-state index in [0.29, 0.717) is 22.3 Å². The first-order valence-corrected chi connectivity index (χ1v) is 16.9. The minimum atomic E-state index is 0.157. The molecule has 9 aliphatic rings. The molecule has 1 saturated heterocycles. The van der Waals surface area contributed by atoms with Crippen molar-refractivity contribution in [2.75, 3.05) is 13.2 Å². The van der Waals surface area contributed by atoms with Crippen LogP contribution >= 0.6 is 0 Å². The maximum absolute atomic E-state index is 7.11. The molecular formula is C37H54O2. The molecule has 8 bridgehead atoms. The SMILES string of the molecule is CC(C)(C)CC(C)(C)c1cc(C23CC4CC(CC(C4)C2)C3)c(OCC2CO2)c(C23CC4CC(CC(C4)C2)C3)c1. The highest BCUT2D eigenvalue weighted by molar-refractivity contribution is 5.55. The summed E-state index contributed by atoms with van der Waals surface area (Å²) in [6, 6.07) is 5.46. The van der Waals surface area contributed by atoms with E-state index in [-0.39, 0.29) is 5.41 Å². The van der Waals surface area contributed by atoms with Crippen molar-refractivity contribution in [3.63, 3.8) is 0 Å². The maximum atomic E-state index is 7.11. The van der Waals surface area contributed by atoms with Gasteiger partial charge in [-0.15, -0.1) is 0 Å². The van der Waals surface area contributed by atoms with E-state index < -0.39 is 0 Å². The third-order valence-corrected chi connectivity index (χ3v) is 12.9. The Morgan fingerprint density at radius 3 is 1.41 bits per heavy atom. The molecule has 1 heterocycles. The normalized spacial score (nSPS) is 43.8. The zero-order valence-corrected chi connectivity index (χ0v) is 25.6. The molecular weight excluding hydrogens is 476 g/mol. The molecule has 2 heteroatoms. The molecule has 0 amide bonds. The van der Waals surface area contributed by atoms with E-state index >= 15 is 0 Å². The number of hydrogen-bond donors (Lipinski definition) is 0. The van der Waals surface area contributed by atoms with Crippen molar-refractivity contribution in [2.45, 2.75) is 140 Å². The quantitative estimate of drug-likeness (QED) is 0.328. The fraction of sp³-hybridized carbons (Fsp3) is 0.838. The molecule has 0 spiro atoms. The molecule has 39 heavy (non-hydrogen) atoms. The van der Waals surface area contributed by atoms with E-state index in [2.05, 4.69) is 46.8 Å². The van der Waals surface area contributed by atoms with Crippen molar-refractivity contribution in [3.8, 4) is 5.75 Å². The van der Waals surface area contributed by atoms with Gasteiger partial charge in [0.05, 0.1) is 6.61 Å². The standard InChI is InChI=1S/C37H54O2/c1-34(2,3)22-35(4,5)29-12-31(36-14-23-6-24(15-36)8-25(7-23)16-36)33(39-21-30-20-38-30)32(13-29)37-17-26-9-27(18-37)11-28(10-26)19-37/h12-13,23-28,30H,6-11,14-22H2,1-5H3. The van der Waals surface area contributed by atoms with Gasteiger partial charge in [-0.05, 0) is 146 Å². The van der Waals surface area contributed by atoms with E-state index in [1.54, 1.807) is 16.7 Å². The molecule has 214 valence electrons. The molecule has 8 aliphatic carbocycles. The lowest BCUT2D eigenvalue weighted by Gasteiger charge is -2.59. The van der Waals surface area contributed by atoms with Crippen LogP contribution in [-0.2, 0) is 21.0 Å². The molecule has 1 unspecified atom stereocenters. The van der Waals surface area contributed by atoms with Crippen LogP contribution in [-0.4, -0.2) is 19.3 Å². The summed E-state index contributed by atoms with van der Waals surface area (Å²) in [7, 11) is 0. The number of hydrogen-bond acceptors (Lipinski definition) is 2. The Bertz CT molecular complexity index is 995. The van der Waals surface area contributed by atoms with Gasteiger partial charge in [-0.3, -0.25) is 0 Å². The summed E-state index contributed by atoms with van der Waals surface area (Å²) in [5.41, 5.74) is 6.09. The summed E-state index contributed by atoms with van der Waals surface area (Å²) in [5.74, 6) is 7.06. The van der Waals surface area contributed by atoms with Gasteiger partial charge in [0.2, 0.25) is 0 Å². The van der Waals surface area contributed by atoms with E-state index in [1.807, 2.05) is 0 Å². The fourth-order valence-corrected chi connectivity index (χ4v) is 12.6. The van der Waals surface area contributed by atoms with Crippen molar-refractivity contribution >= 4 is 0 Å². The molecule has 1 aromatic rings. The van der Waals surface area contributed by atoms with Gasteiger partial charge in [0.1, 0.15) is 18.5 Å². The third-order valence-electron chi connectivity index (χ3n) is 12.9. The average molecular weight is 531 g/mol. The van der Waals surface area contributed by atoms with Crippen LogP contribution in [0.1, 0.15) is 135 Å². The van der Waals surface area contributed by atoms with Crippen molar-refractivity contribution in [1.29, 1.82) is 0 Å². The lowest BCUT2D eigenvalue weighted by Crippen LogP contribution is -2.50. The summed E-state index contributed by atoms with van der Waals surface area (Å²) in [6.45, 7) is 14.0.